The van der Waals surface area contributed by atoms with Gasteiger partial charge in [0.25, 0.3) is 5.91 Å². The summed E-state index contributed by atoms with van der Waals surface area (Å²) in [6, 6.07) is 11.6. The van der Waals surface area contributed by atoms with Crippen molar-refractivity contribution in [2.45, 2.75) is 25.2 Å². The van der Waals surface area contributed by atoms with Crippen LogP contribution in [-0.4, -0.2) is 42.1 Å². The van der Waals surface area contributed by atoms with E-state index in [-0.39, 0.29) is 11.8 Å². The summed E-state index contributed by atoms with van der Waals surface area (Å²) in [5, 5.41) is 1.54. The van der Waals surface area contributed by atoms with Gasteiger partial charge >= 0.3 is 0 Å². The summed E-state index contributed by atoms with van der Waals surface area (Å²) >= 11 is 8.12. The molecule has 0 N–H and O–H groups in total. The van der Waals surface area contributed by atoms with Gasteiger partial charge in [-0.05, 0) is 37.1 Å². The van der Waals surface area contributed by atoms with E-state index in [4.69, 9.17) is 26.1 Å². The number of hydrogen-bond donors (Lipinski definition) is 0. The summed E-state index contributed by atoms with van der Waals surface area (Å²) in [7, 11) is 0. The molecule has 5 nitrogen and oxygen atoms in total. The highest BCUT2D eigenvalue weighted by molar-refractivity contribution is 7.18. The molecule has 0 saturated carbocycles. The number of fused-ring (bicyclic) bond motifs is 2. The van der Waals surface area contributed by atoms with Gasteiger partial charge in [-0.25, -0.2) is 4.98 Å². The molecule has 2 aromatic carbocycles. The Labute approximate surface area is 178 Å². The van der Waals surface area contributed by atoms with Crippen LogP contribution in [-0.2, 0) is 0 Å². The van der Waals surface area contributed by atoms with Crippen molar-refractivity contribution in [3.8, 4) is 11.5 Å². The van der Waals surface area contributed by atoms with Crippen LogP contribution in [0, 0.1) is 0 Å². The second kappa shape index (κ2) is 7.84. The van der Waals surface area contributed by atoms with E-state index in [0.717, 1.165) is 36.3 Å². The Bertz CT molecular complexity index is 1030. The lowest BCUT2D eigenvalue weighted by molar-refractivity contribution is 0.0706. The first-order valence-electron chi connectivity index (χ1n) is 9.93. The molecule has 1 amide bonds. The highest BCUT2D eigenvalue weighted by atomic mass is 35.5. The monoisotopic (exact) mass is 428 g/mol. The molecule has 7 heteroatoms. The number of aromatic nitrogens is 1. The van der Waals surface area contributed by atoms with Gasteiger partial charge in [0.1, 0.15) is 0 Å². The zero-order chi connectivity index (χ0) is 19.8. The number of nitrogens with zero attached hydrogens (tertiary/aromatic N) is 2. The van der Waals surface area contributed by atoms with Crippen LogP contribution in [0.1, 0.15) is 40.5 Å². The molecule has 0 bridgehead atoms. The van der Waals surface area contributed by atoms with Gasteiger partial charge < -0.3 is 14.4 Å². The van der Waals surface area contributed by atoms with Crippen molar-refractivity contribution >= 4 is 39.1 Å². The third-order valence-corrected chi connectivity index (χ3v) is 6.90. The number of carbonyl (C=O) groups excluding carboxylic acids is 1. The fraction of sp³-hybridized carbons (Fsp3) is 0.364. The summed E-state index contributed by atoms with van der Waals surface area (Å²) in [6.45, 7) is 2.54. The van der Waals surface area contributed by atoms with Crippen LogP contribution in [0.4, 0.5) is 0 Å². The lowest BCUT2D eigenvalue weighted by Crippen LogP contribution is -2.39. The molecule has 2 aliphatic rings. The maximum absolute atomic E-state index is 13.2. The van der Waals surface area contributed by atoms with Crippen LogP contribution in [0.3, 0.4) is 0 Å². The quantitative estimate of drug-likeness (QED) is 0.567. The first kappa shape index (κ1) is 18.7. The fourth-order valence-electron chi connectivity index (χ4n) is 3.96. The number of hydrogen-bond acceptors (Lipinski definition) is 5. The highest BCUT2D eigenvalue weighted by Crippen LogP contribution is 2.39. The van der Waals surface area contributed by atoms with Crippen LogP contribution in [0.25, 0.3) is 10.2 Å². The molecule has 0 spiro atoms. The standard InChI is InChI=1S/C22H21ClN2O3S/c23-16-11-15(12-18-20(16)28-10-4-9-27-18)22(26)25-8-3-5-14(13-25)21-24-17-6-1-2-7-19(17)29-21/h1-2,6-7,11-12,14H,3-5,8-10,13H2/t14-/m1/s1. The number of thiazole rings is 1. The number of para-hydroxylation sites is 1. The third kappa shape index (κ3) is 3.67. The summed E-state index contributed by atoms with van der Waals surface area (Å²) in [6.07, 6.45) is 2.81. The Morgan fingerprint density at radius 1 is 1.17 bits per heavy atom. The molecule has 3 aromatic rings. The molecule has 1 aromatic heterocycles. The predicted molar refractivity (Wildman–Crippen MR) is 115 cm³/mol. The molecule has 0 aliphatic carbocycles. The van der Waals surface area contributed by atoms with Gasteiger partial charge in [0.2, 0.25) is 0 Å². The normalized spacial score (nSPS) is 19.2. The Kier molecular flexibility index (Phi) is 5.06. The fourth-order valence-corrected chi connectivity index (χ4v) is 5.32. The molecule has 29 heavy (non-hydrogen) atoms. The van der Waals surface area contributed by atoms with E-state index in [1.807, 2.05) is 23.1 Å². The van der Waals surface area contributed by atoms with Crippen molar-refractivity contribution in [1.82, 2.24) is 9.88 Å². The van der Waals surface area contributed by atoms with Crippen molar-refractivity contribution in [1.29, 1.82) is 0 Å². The minimum absolute atomic E-state index is 0.0200. The maximum atomic E-state index is 13.2. The Morgan fingerprint density at radius 2 is 2.03 bits per heavy atom. The Morgan fingerprint density at radius 3 is 2.93 bits per heavy atom. The summed E-state index contributed by atoms with van der Waals surface area (Å²) in [4.78, 5) is 19.9. The number of rotatable bonds is 2. The molecule has 1 fully saturated rings. The molecule has 5 rings (SSSR count). The number of ether oxygens (including phenoxy) is 2. The van der Waals surface area contributed by atoms with Gasteiger partial charge in [-0.3, -0.25) is 4.79 Å². The molecular formula is C22H21ClN2O3S. The topological polar surface area (TPSA) is 51.7 Å². The number of likely N-dealkylation sites (tertiary alicyclic amines) is 1. The molecule has 1 saturated heterocycles. The minimum atomic E-state index is -0.0200. The van der Waals surface area contributed by atoms with Gasteiger partial charge in [0, 0.05) is 31.0 Å². The number of halogens is 1. The van der Waals surface area contributed by atoms with Crippen LogP contribution in [0.15, 0.2) is 36.4 Å². The van der Waals surface area contributed by atoms with Crippen LogP contribution >= 0.6 is 22.9 Å². The van der Waals surface area contributed by atoms with E-state index in [1.54, 1.807) is 23.5 Å². The predicted octanol–water partition coefficient (Wildman–Crippen LogP) is 5.13. The highest BCUT2D eigenvalue weighted by Gasteiger charge is 2.29. The molecule has 150 valence electrons. The number of amides is 1. The number of benzene rings is 2. The average Bonchev–Trinajstić information content (AvgIpc) is 3.04. The zero-order valence-electron chi connectivity index (χ0n) is 15.9. The van der Waals surface area contributed by atoms with Crippen LogP contribution in [0.5, 0.6) is 11.5 Å². The average molecular weight is 429 g/mol. The number of piperidine rings is 1. The van der Waals surface area contributed by atoms with Crippen molar-refractivity contribution in [2.24, 2.45) is 0 Å². The first-order valence-corrected chi connectivity index (χ1v) is 11.1. The van der Waals surface area contributed by atoms with Gasteiger partial charge in [0.05, 0.1) is 33.5 Å². The van der Waals surface area contributed by atoms with E-state index < -0.39 is 0 Å². The lowest BCUT2D eigenvalue weighted by atomic mass is 9.98. The molecule has 3 heterocycles. The van der Waals surface area contributed by atoms with E-state index in [2.05, 4.69) is 6.07 Å². The number of carbonyl (C=O) groups is 1. The second-order valence-corrected chi connectivity index (χ2v) is 8.92. The van der Waals surface area contributed by atoms with Crippen molar-refractivity contribution in [2.75, 3.05) is 26.3 Å². The first-order chi connectivity index (χ1) is 14.2. The van der Waals surface area contributed by atoms with Crippen molar-refractivity contribution in [3.63, 3.8) is 0 Å². The maximum Gasteiger partial charge on any atom is 0.254 e. The van der Waals surface area contributed by atoms with Crippen molar-refractivity contribution in [3.05, 3.63) is 52.0 Å². The summed E-state index contributed by atoms with van der Waals surface area (Å²) in [5.41, 5.74) is 1.58. The molecule has 0 radical (unpaired) electrons. The summed E-state index contributed by atoms with van der Waals surface area (Å²) < 4.78 is 12.6. The van der Waals surface area contributed by atoms with E-state index in [0.29, 0.717) is 41.8 Å². The molecule has 0 unspecified atom stereocenters. The minimum Gasteiger partial charge on any atom is -0.489 e. The van der Waals surface area contributed by atoms with Gasteiger partial charge in [-0.15, -0.1) is 11.3 Å². The lowest BCUT2D eigenvalue weighted by Gasteiger charge is -2.32. The Balaban J connectivity index is 1.38. The van der Waals surface area contributed by atoms with Gasteiger partial charge in [0.15, 0.2) is 11.5 Å². The third-order valence-electron chi connectivity index (χ3n) is 5.42. The largest absolute Gasteiger partial charge is 0.489 e. The Hall–Kier alpha value is -2.31. The SMILES string of the molecule is O=C(c1cc(Cl)c2c(c1)OCCCO2)N1CCC[C@@H](c2nc3ccccc3s2)C1. The molecule has 1 atom stereocenters. The van der Waals surface area contributed by atoms with Crippen LogP contribution < -0.4 is 9.47 Å². The van der Waals surface area contributed by atoms with E-state index >= 15 is 0 Å². The zero-order valence-corrected chi connectivity index (χ0v) is 17.5. The summed E-state index contributed by atoms with van der Waals surface area (Å²) in [5.74, 6) is 1.33. The molecular weight excluding hydrogens is 408 g/mol. The van der Waals surface area contributed by atoms with Gasteiger partial charge in [-0.2, -0.15) is 0 Å². The second-order valence-electron chi connectivity index (χ2n) is 7.45. The van der Waals surface area contributed by atoms with Gasteiger partial charge in [-0.1, -0.05) is 23.7 Å². The molecule has 2 aliphatic heterocycles. The van der Waals surface area contributed by atoms with E-state index in [9.17, 15) is 4.79 Å². The van der Waals surface area contributed by atoms with Crippen LogP contribution in [0.2, 0.25) is 5.02 Å². The van der Waals surface area contributed by atoms with E-state index in [1.165, 1.54) is 4.70 Å². The smallest absolute Gasteiger partial charge is 0.254 e. The van der Waals surface area contributed by atoms with Crippen molar-refractivity contribution < 1.29 is 14.3 Å².